The second kappa shape index (κ2) is 5.77. The standard InChI is InChI=1S/C11H13BrClN5/c1-3-14-6-11-15-16-17-18(11)10-5-9(13)7(2)4-8(10)12/h4-5,14H,3,6H2,1-2H3. The fourth-order valence-corrected chi connectivity index (χ4v) is 2.32. The molecule has 18 heavy (non-hydrogen) atoms. The Kier molecular flexibility index (Phi) is 4.31. The number of nitrogens with zero attached hydrogens (tertiary/aromatic N) is 4. The average Bonchev–Trinajstić information content (AvgIpc) is 2.79. The molecular weight excluding hydrogens is 318 g/mol. The van der Waals surface area contributed by atoms with Gasteiger partial charge >= 0.3 is 0 Å². The molecular formula is C11H13BrClN5. The highest BCUT2D eigenvalue weighted by Crippen LogP contribution is 2.27. The predicted molar refractivity (Wildman–Crippen MR) is 74.0 cm³/mol. The predicted octanol–water partition coefficient (Wildman–Crippen LogP) is 2.50. The quantitative estimate of drug-likeness (QED) is 0.936. The molecule has 0 aliphatic rings. The molecule has 0 atom stereocenters. The molecule has 0 unspecified atom stereocenters. The van der Waals surface area contributed by atoms with Gasteiger partial charge in [-0.25, -0.2) is 0 Å². The maximum absolute atomic E-state index is 6.14. The van der Waals surface area contributed by atoms with E-state index in [9.17, 15) is 0 Å². The lowest BCUT2D eigenvalue weighted by atomic mass is 10.2. The van der Waals surface area contributed by atoms with Crippen molar-refractivity contribution in [3.8, 4) is 5.69 Å². The third-order valence-corrected chi connectivity index (χ3v) is 3.57. The number of rotatable bonds is 4. The summed E-state index contributed by atoms with van der Waals surface area (Å²) in [5.74, 6) is 0.748. The molecule has 7 heteroatoms. The number of hydrogen-bond donors (Lipinski definition) is 1. The molecule has 5 nitrogen and oxygen atoms in total. The molecule has 0 saturated heterocycles. The highest BCUT2D eigenvalue weighted by Gasteiger charge is 2.12. The molecule has 0 bridgehead atoms. The molecule has 2 rings (SSSR count). The summed E-state index contributed by atoms with van der Waals surface area (Å²) in [5, 5.41) is 15.6. The van der Waals surface area contributed by atoms with E-state index in [4.69, 9.17) is 11.6 Å². The van der Waals surface area contributed by atoms with Crippen LogP contribution in [-0.2, 0) is 6.54 Å². The number of aryl methyl sites for hydroxylation is 1. The first-order valence-electron chi connectivity index (χ1n) is 5.57. The van der Waals surface area contributed by atoms with Gasteiger partial charge in [-0.1, -0.05) is 18.5 Å². The summed E-state index contributed by atoms with van der Waals surface area (Å²) >= 11 is 9.65. The van der Waals surface area contributed by atoms with Gasteiger partial charge in [-0.2, -0.15) is 4.68 Å². The van der Waals surface area contributed by atoms with Gasteiger partial charge in [0.1, 0.15) is 0 Å². The van der Waals surface area contributed by atoms with Crippen LogP contribution in [0.3, 0.4) is 0 Å². The van der Waals surface area contributed by atoms with E-state index in [1.54, 1.807) is 4.68 Å². The monoisotopic (exact) mass is 329 g/mol. The van der Waals surface area contributed by atoms with Crippen LogP contribution in [0.5, 0.6) is 0 Å². The van der Waals surface area contributed by atoms with Gasteiger partial charge in [-0.05, 0) is 57.5 Å². The molecule has 1 N–H and O–H groups in total. The number of hydrogen-bond acceptors (Lipinski definition) is 4. The van der Waals surface area contributed by atoms with Gasteiger partial charge in [0, 0.05) is 9.50 Å². The lowest BCUT2D eigenvalue weighted by Crippen LogP contribution is -2.16. The Bertz CT molecular complexity index is 554. The largest absolute Gasteiger partial charge is 0.310 e. The van der Waals surface area contributed by atoms with Crippen LogP contribution in [-0.4, -0.2) is 26.8 Å². The van der Waals surface area contributed by atoms with Crippen molar-refractivity contribution in [2.24, 2.45) is 0 Å². The van der Waals surface area contributed by atoms with E-state index >= 15 is 0 Å². The molecule has 0 aliphatic carbocycles. The van der Waals surface area contributed by atoms with Gasteiger partial charge in [-0.3, -0.25) is 0 Å². The van der Waals surface area contributed by atoms with Crippen molar-refractivity contribution in [1.29, 1.82) is 0 Å². The fraction of sp³-hybridized carbons (Fsp3) is 0.364. The van der Waals surface area contributed by atoms with Crippen molar-refractivity contribution in [1.82, 2.24) is 25.5 Å². The number of tetrazole rings is 1. The van der Waals surface area contributed by atoms with Crippen molar-refractivity contribution in [2.45, 2.75) is 20.4 Å². The highest BCUT2D eigenvalue weighted by atomic mass is 79.9. The Morgan fingerprint density at radius 3 is 2.94 bits per heavy atom. The fourth-order valence-electron chi connectivity index (χ4n) is 1.54. The number of aromatic nitrogens is 4. The Labute approximate surface area is 119 Å². The van der Waals surface area contributed by atoms with Crippen molar-refractivity contribution in [2.75, 3.05) is 6.54 Å². The second-order valence-electron chi connectivity index (χ2n) is 3.84. The van der Waals surface area contributed by atoms with Crippen LogP contribution in [0, 0.1) is 6.92 Å². The smallest absolute Gasteiger partial charge is 0.170 e. The summed E-state index contributed by atoms with van der Waals surface area (Å²) in [7, 11) is 0. The summed E-state index contributed by atoms with van der Waals surface area (Å²) in [6, 6.07) is 3.81. The van der Waals surface area contributed by atoms with Crippen LogP contribution in [0.1, 0.15) is 18.3 Å². The minimum absolute atomic E-state index is 0.613. The Hall–Kier alpha value is -0.980. The maximum atomic E-state index is 6.14. The van der Waals surface area contributed by atoms with E-state index in [-0.39, 0.29) is 0 Å². The molecule has 0 fully saturated rings. The molecule has 0 spiro atoms. The zero-order valence-electron chi connectivity index (χ0n) is 10.1. The topological polar surface area (TPSA) is 55.6 Å². The van der Waals surface area contributed by atoms with Crippen LogP contribution >= 0.6 is 27.5 Å². The molecule has 1 aromatic heterocycles. The molecule has 1 heterocycles. The van der Waals surface area contributed by atoms with Crippen LogP contribution in [0.2, 0.25) is 5.02 Å². The molecule has 0 amide bonds. The van der Waals surface area contributed by atoms with E-state index < -0.39 is 0 Å². The third-order valence-electron chi connectivity index (χ3n) is 2.52. The summed E-state index contributed by atoms with van der Waals surface area (Å²) in [5.41, 5.74) is 1.84. The minimum atomic E-state index is 0.613. The lowest BCUT2D eigenvalue weighted by Gasteiger charge is -2.09. The van der Waals surface area contributed by atoms with E-state index in [1.165, 1.54) is 0 Å². The second-order valence-corrected chi connectivity index (χ2v) is 5.10. The van der Waals surface area contributed by atoms with Crippen LogP contribution in [0.15, 0.2) is 16.6 Å². The molecule has 0 aliphatic heterocycles. The normalized spacial score (nSPS) is 10.9. The van der Waals surface area contributed by atoms with Gasteiger partial charge in [0.25, 0.3) is 0 Å². The zero-order valence-corrected chi connectivity index (χ0v) is 12.5. The first-order valence-corrected chi connectivity index (χ1v) is 6.74. The Morgan fingerprint density at radius 2 is 2.22 bits per heavy atom. The third kappa shape index (κ3) is 2.71. The van der Waals surface area contributed by atoms with Gasteiger partial charge in [0.2, 0.25) is 0 Å². The van der Waals surface area contributed by atoms with E-state index in [2.05, 4.69) is 36.8 Å². The van der Waals surface area contributed by atoms with Crippen molar-refractivity contribution >= 4 is 27.5 Å². The minimum Gasteiger partial charge on any atom is -0.310 e. The van der Waals surface area contributed by atoms with Gasteiger partial charge < -0.3 is 5.32 Å². The van der Waals surface area contributed by atoms with E-state index in [1.807, 2.05) is 26.0 Å². The highest BCUT2D eigenvalue weighted by molar-refractivity contribution is 9.10. The molecule has 0 saturated carbocycles. The van der Waals surface area contributed by atoms with Gasteiger partial charge in [-0.15, -0.1) is 5.10 Å². The van der Waals surface area contributed by atoms with Crippen LogP contribution in [0.4, 0.5) is 0 Å². The molecule has 0 radical (unpaired) electrons. The first kappa shape index (κ1) is 13.5. The van der Waals surface area contributed by atoms with E-state index in [0.29, 0.717) is 11.6 Å². The van der Waals surface area contributed by atoms with Gasteiger partial charge in [0.05, 0.1) is 12.2 Å². The first-order chi connectivity index (χ1) is 8.63. The van der Waals surface area contributed by atoms with Crippen molar-refractivity contribution in [3.63, 3.8) is 0 Å². The Morgan fingerprint density at radius 1 is 1.44 bits per heavy atom. The summed E-state index contributed by atoms with van der Waals surface area (Å²) in [4.78, 5) is 0. The SMILES string of the molecule is CCNCc1nnnn1-c1cc(Cl)c(C)cc1Br. The van der Waals surface area contributed by atoms with Gasteiger partial charge in [0.15, 0.2) is 5.82 Å². The van der Waals surface area contributed by atoms with Crippen molar-refractivity contribution < 1.29 is 0 Å². The summed E-state index contributed by atoms with van der Waals surface area (Å²) in [6.45, 7) is 5.47. The molecule has 96 valence electrons. The maximum Gasteiger partial charge on any atom is 0.170 e. The Balaban J connectivity index is 2.42. The number of nitrogens with one attached hydrogen (secondary N) is 1. The van der Waals surface area contributed by atoms with Crippen molar-refractivity contribution in [3.05, 3.63) is 33.0 Å². The van der Waals surface area contributed by atoms with E-state index in [0.717, 1.165) is 28.1 Å². The lowest BCUT2D eigenvalue weighted by molar-refractivity contribution is 0.663. The number of halogens is 2. The summed E-state index contributed by atoms with van der Waals surface area (Å²) in [6.07, 6.45) is 0. The molecule has 1 aromatic carbocycles. The number of benzene rings is 1. The molecule has 2 aromatic rings. The average molecular weight is 331 g/mol. The zero-order chi connectivity index (χ0) is 13.1. The van der Waals surface area contributed by atoms with Crippen LogP contribution in [0.25, 0.3) is 5.69 Å². The summed E-state index contributed by atoms with van der Waals surface area (Å²) < 4.78 is 2.59. The van der Waals surface area contributed by atoms with Crippen LogP contribution < -0.4 is 5.32 Å².